The van der Waals surface area contributed by atoms with Crippen LogP contribution < -0.4 is 0 Å². The minimum absolute atomic E-state index is 0.0223. The fraction of sp³-hybridized carbons (Fsp3) is 0.857. The lowest BCUT2D eigenvalue weighted by Gasteiger charge is -2.57. The molecule has 4 rings (SSSR count). The normalized spacial score (nSPS) is 47.3. The molecular weight excluding hydrogens is 384 g/mol. The van der Waals surface area contributed by atoms with Crippen molar-refractivity contribution in [2.75, 3.05) is 0 Å². The summed E-state index contributed by atoms with van der Waals surface area (Å²) in [5.74, 6) is 2.79. The Labute approximate surface area is 190 Å². The average molecular weight is 431 g/mol. The zero-order valence-electron chi connectivity index (χ0n) is 20.6. The Hall–Kier alpha value is -0.640. The average Bonchev–Trinajstić information content (AvgIpc) is 3.08. The van der Waals surface area contributed by atoms with E-state index < -0.39 is 12.2 Å². The molecule has 4 aliphatic carbocycles. The molecule has 31 heavy (non-hydrogen) atoms. The first-order valence-corrected chi connectivity index (χ1v) is 13.0. The summed E-state index contributed by atoms with van der Waals surface area (Å²) in [5, 5.41) is 32.8. The molecule has 3 heteroatoms. The van der Waals surface area contributed by atoms with Crippen molar-refractivity contribution >= 4 is 0 Å². The molecule has 176 valence electrons. The Morgan fingerprint density at radius 3 is 2.32 bits per heavy atom. The minimum atomic E-state index is -0.756. The van der Waals surface area contributed by atoms with E-state index in [2.05, 4.69) is 53.7 Å². The first-order chi connectivity index (χ1) is 14.5. The molecule has 2 saturated carbocycles. The maximum Gasteiger partial charge on any atom is 0.102 e. The van der Waals surface area contributed by atoms with Crippen LogP contribution >= 0.6 is 0 Å². The van der Waals surface area contributed by atoms with Gasteiger partial charge in [0.25, 0.3) is 0 Å². The van der Waals surface area contributed by atoms with Crippen molar-refractivity contribution in [3.63, 3.8) is 0 Å². The second kappa shape index (κ2) is 8.29. The van der Waals surface area contributed by atoms with E-state index in [4.69, 9.17) is 0 Å². The molecule has 0 heterocycles. The monoisotopic (exact) mass is 430 g/mol. The van der Waals surface area contributed by atoms with Gasteiger partial charge in [-0.1, -0.05) is 59.3 Å². The molecule has 0 radical (unpaired) electrons. The highest BCUT2D eigenvalue weighted by Crippen LogP contribution is 2.65. The van der Waals surface area contributed by atoms with Gasteiger partial charge in [0.2, 0.25) is 0 Å². The highest BCUT2D eigenvalue weighted by Gasteiger charge is 2.59. The van der Waals surface area contributed by atoms with Crippen molar-refractivity contribution in [1.82, 2.24) is 0 Å². The highest BCUT2D eigenvalue weighted by atomic mass is 16.3. The van der Waals surface area contributed by atoms with Gasteiger partial charge in [-0.05, 0) is 96.9 Å². The van der Waals surface area contributed by atoms with Gasteiger partial charge >= 0.3 is 0 Å². The Bertz CT molecular complexity index is 739. The van der Waals surface area contributed by atoms with E-state index in [9.17, 15) is 15.3 Å². The Kier molecular flexibility index (Phi) is 6.29. The lowest BCUT2D eigenvalue weighted by molar-refractivity contribution is -0.0985. The van der Waals surface area contributed by atoms with Crippen molar-refractivity contribution in [1.29, 1.82) is 0 Å². The third kappa shape index (κ3) is 3.67. The van der Waals surface area contributed by atoms with Crippen molar-refractivity contribution < 1.29 is 15.3 Å². The number of aliphatic hydroxyl groups excluding tert-OH is 3. The van der Waals surface area contributed by atoms with Crippen molar-refractivity contribution in [3.8, 4) is 0 Å². The van der Waals surface area contributed by atoms with E-state index in [1.165, 1.54) is 24.0 Å². The molecule has 0 amide bonds. The lowest BCUT2D eigenvalue weighted by atomic mass is 9.49. The molecular formula is C28H46O3. The van der Waals surface area contributed by atoms with Crippen LogP contribution in [0.2, 0.25) is 0 Å². The summed E-state index contributed by atoms with van der Waals surface area (Å²) < 4.78 is 0. The zero-order chi connectivity index (χ0) is 22.7. The molecule has 0 bridgehead atoms. The summed E-state index contributed by atoms with van der Waals surface area (Å²) in [7, 11) is 0. The maximum absolute atomic E-state index is 11.3. The van der Waals surface area contributed by atoms with Crippen molar-refractivity contribution in [2.45, 2.75) is 105 Å². The molecule has 2 fully saturated rings. The summed E-state index contributed by atoms with van der Waals surface area (Å²) >= 11 is 0. The van der Waals surface area contributed by atoms with Crippen LogP contribution in [0.5, 0.6) is 0 Å². The first-order valence-electron chi connectivity index (χ1n) is 13.0. The summed E-state index contributed by atoms with van der Waals surface area (Å²) in [6.07, 6.45) is 9.96. The summed E-state index contributed by atoms with van der Waals surface area (Å²) in [5.41, 5.74) is 2.78. The van der Waals surface area contributed by atoms with E-state index in [-0.39, 0.29) is 22.9 Å². The van der Waals surface area contributed by atoms with E-state index in [0.29, 0.717) is 36.0 Å². The molecule has 0 aliphatic heterocycles. The van der Waals surface area contributed by atoms with Crippen LogP contribution in [0.15, 0.2) is 23.3 Å². The number of hydrogen-bond donors (Lipinski definition) is 3. The van der Waals surface area contributed by atoms with Crippen LogP contribution in [0.3, 0.4) is 0 Å². The highest BCUT2D eigenvalue weighted by molar-refractivity contribution is 5.38. The number of hydrogen-bond acceptors (Lipinski definition) is 3. The second-order valence-corrected chi connectivity index (χ2v) is 12.4. The molecule has 0 aromatic carbocycles. The lowest BCUT2D eigenvalue weighted by Crippen LogP contribution is -2.56. The second-order valence-electron chi connectivity index (χ2n) is 12.4. The van der Waals surface area contributed by atoms with E-state index >= 15 is 0 Å². The Morgan fingerprint density at radius 2 is 1.65 bits per heavy atom. The Morgan fingerprint density at radius 1 is 0.935 bits per heavy atom. The van der Waals surface area contributed by atoms with Crippen molar-refractivity contribution in [2.24, 2.45) is 46.3 Å². The number of rotatable bonds is 4. The standard InChI is InChI=1S/C28H46O3/c1-16(2)17(3)7-8-18(4)20-9-10-21-24-22(12-14-27(20,21)5)28(6)13-11-19(29)15-23(28)25(30)26(24)31/h7-8,16-21,23,25-26,29-31H,9-15H2,1-6H3/b8-7+/t17-,18+,19-,20+,21-,23+,25-,26-,27+,28+/m0/s1. The molecule has 4 aliphatic rings. The molecule has 0 saturated heterocycles. The Balaban J connectivity index is 1.64. The number of allylic oxidation sites excluding steroid dienone is 3. The molecule has 0 aromatic heterocycles. The fourth-order valence-electron chi connectivity index (χ4n) is 8.07. The minimum Gasteiger partial charge on any atom is -0.393 e. The molecule has 3 nitrogen and oxygen atoms in total. The van der Waals surface area contributed by atoms with Gasteiger partial charge in [0.15, 0.2) is 0 Å². The largest absolute Gasteiger partial charge is 0.393 e. The maximum atomic E-state index is 11.3. The number of aliphatic hydroxyl groups is 3. The SMILES string of the molecule is CC(C)[C@@H](C)/C=C/[C@@H](C)[C@H]1CC[C@H]2C3=C(CC[C@]12C)[C@@]1(C)CC[C@H](O)C[C@@H]1[C@H](O)[C@H]3O. The van der Waals surface area contributed by atoms with Crippen LogP contribution in [0, 0.1) is 46.3 Å². The van der Waals surface area contributed by atoms with Gasteiger partial charge in [-0.3, -0.25) is 0 Å². The third-order valence-electron chi connectivity index (χ3n) is 10.5. The van der Waals surface area contributed by atoms with Gasteiger partial charge in [0, 0.05) is 0 Å². The van der Waals surface area contributed by atoms with Crippen LogP contribution in [-0.4, -0.2) is 33.6 Å². The third-order valence-corrected chi connectivity index (χ3v) is 10.5. The van der Waals surface area contributed by atoms with Gasteiger partial charge in [-0.25, -0.2) is 0 Å². The van der Waals surface area contributed by atoms with Crippen molar-refractivity contribution in [3.05, 3.63) is 23.3 Å². The van der Waals surface area contributed by atoms with E-state index in [1.807, 2.05) is 0 Å². The van der Waals surface area contributed by atoms with Gasteiger partial charge in [0.1, 0.15) is 6.10 Å². The van der Waals surface area contributed by atoms with Gasteiger partial charge in [-0.2, -0.15) is 0 Å². The first kappa shape index (κ1) is 23.5. The summed E-state index contributed by atoms with van der Waals surface area (Å²) in [6, 6.07) is 0. The summed E-state index contributed by atoms with van der Waals surface area (Å²) in [4.78, 5) is 0. The van der Waals surface area contributed by atoms with Gasteiger partial charge in [0.05, 0.1) is 12.2 Å². The zero-order valence-corrected chi connectivity index (χ0v) is 20.6. The quantitative estimate of drug-likeness (QED) is 0.516. The van der Waals surface area contributed by atoms with Crippen LogP contribution in [0.1, 0.15) is 86.5 Å². The molecule has 0 aromatic rings. The predicted molar refractivity (Wildman–Crippen MR) is 126 cm³/mol. The van der Waals surface area contributed by atoms with Crippen LogP contribution in [0.25, 0.3) is 0 Å². The smallest absolute Gasteiger partial charge is 0.102 e. The van der Waals surface area contributed by atoms with Gasteiger partial charge in [-0.15, -0.1) is 0 Å². The van der Waals surface area contributed by atoms with Gasteiger partial charge < -0.3 is 15.3 Å². The fourth-order valence-corrected chi connectivity index (χ4v) is 8.07. The molecule has 0 spiro atoms. The van der Waals surface area contributed by atoms with Crippen LogP contribution in [0.4, 0.5) is 0 Å². The molecule has 0 unspecified atom stereocenters. The molecule has 10 atom stereocenters. The molecule has 3 N–H and O–H groups in total. The number of fused-ring (bicyclic) bond motifs is 4. The van der Waals surface area contributed by atoms with Crippen LogP contribution in [-0.2, 0) is 0 Å². The van der Waals surface area contributed by atoms with E-state index in [1.54, 1.807) is 0 Å². The topological polar surface area (TPSA) is 60.7 Å². The summed E-state index contributed by atoms with van der Waals surface area (Å²) in [6.45, 7) is 14.0. The predicted octanol–water partition coefficient (Wildman–Crippen LogP) is 5.50. The van der Waals surface area contributed by atoms with E-state index in [0.717, 1.165) is 25.7 Å².